The Kier molecular flexibility index (Phi) is 6.45. The van der Waals surface area contributed by atoms with E-state index in [1.54, 1.807) is 6.07 Å². The maximum absolute atomic E-state index is 11.4. The van der Waals surface area contributed by atoms with Gasteiger partial charge >= 0.3 is 0 Å². The van der Waals surface area contributed by atoms with Crippen LogP contribution in [0.5, 0.6) is 11.5 Å². The molecule has 0 spiro atoms. The van der Waals surface area contributed by atoms with Crippen LogP contribution in [-0.2, 0) is 11.3 Å². The number of carbonyl (C=O) groups excluding carboxylic acids is 1. The van der Waals surface area contributed by atoms with Crippen LogP contribution in [0.2, 0.25) is 5.02 Å². The Labute approximate surface area is 118 Å². The lowest BCUT2D eigenvalue weighted by Gasteiger charge is -2.14. The summed E-state index contributed by atoms with van der Waals surface area (Å²) in [6.07, 6.45) is 0. The van der Waals surface area contributed by atoms with Crippen molar-refractivity contribution >= 4 is 17.5 Å². The summed E-state index contributed by atoms with van der Waals surface area (Å²) in [5.74, 6) is 0.706. The van der Waals surface area contributed by atoms with Gasteiger partial charge in [0.25, 0.3) is 5.91 Å². The number of hydrogen-bond donors (Lipinski definition) is 2. The second kappa shape index (κ2) is 7.86. The summed E-state index contributed by atoms with van der Waals surface area (Å²) in [5.41, 5.74) is 0.981. The van der Waals surface area contributed by atoms with Crippen LogP contribution in [0.25, 0.3) is 0 Å². The quantitative estimate of drug-likeness (QED) is 0.799. The molecule has 6 heteroatoms. The minimum Gasteiger partial charge on any atom is -0.493 e. The number of benzene rings is 1. The van der Waals surface area contributed by atoms with Crippen molar-refractivity contribution in [1.29, 1.82) is 0 Å². The predicted octanol–water partition coefficient (Wildman–Crippen LogP) is 1.58. The third-order valence-corrected chi connectivity index (χ3v) is 2.67. The first-order valence-corrected chi connectivity index (χ1v) is 6.40. The van der Waals surface area contributed by atoms with Gasteiger partial charge in [-0.05, 0) is 31.7 Å². The summed E-state index contributed by atoms with van der Waals surface area (Å²) in [4.78, 5) is 11.4. The van der Waals surface area contributed by atoms with Crippen molar-refractivity contribution in [3.8, 4) is 11.5 Å². The highest BCUT2D eigenvalue weighted by molar-refractivity contribution is 6.32. The molecule has 0 bridgehead atoms. The minimum absolute atomic E-state index is 0.0880. The minimum atomic E-state index is -0.195. The van der Waals surface area contributed by atoms with E-state index >= 15 is 0 Å². The van der Waals surface area contributed by atoms with Crippen LogP contribution in [0.1, 0.15) is 12.5 Å². The molecule has 19 heavy (non-hydrogen) atoms. The van der Waals surface area contributed by atoms with Crippen molar-refractivity contribution in [3.05, 3.63) is 22.7 Å². The van der Waals surface area contributed by atoms with Crippen LogP contribution in [0.15, 0.2) is 12.1 Å². The predicted molar refractivity (Wildman–Crippen MR) is 74.9 cm³/mol. The third-order valence-electron chi connectivity index (χ3n) is 2.39. The van der Waals surface area contributed by atoms with Crippen molar-refractivity contribution in [2.75, 3.05) is 27.3 Å². The molecule has 0 unspecified atom stereocenters. The average Bonchev–Trinajstić information content (AvgIpc) is 2.37. The van der Waals surface area contributed by atoms with Gasteiger partial charge < -0.3 is 20.1 Å². The van der Waals surface area contributed by atoms with Crippen molar-refractivity contribution in [3.63, 3.8) is 0 Å². The summed E-state index contributed by atoms with van der Waals surface area (Å²) in [6.45, 7) is 2.99. The zero-order valence-electron chi connectivity index (χ0n) is 11.4. The molecule has 0 aliphatic heterocycles. The molecule has 0 aliphatic carbocycles. The van der Waals surface area contributed by atoms with Crippen LogP contribution in [0.3, 0.4) is 0 Å². The Morgan fingerprint density at radius 1 is 1.42 bits per heavy atom. The number of carbonyl (C=O) groups is 1. The third kappa shape index (κ3) is 4.61. The molecule has 0 aliphatic rings. The number of likely N-dealkylation sites (N-methyl/N-ethyl adjacent to an activating group) is 1. The smallest absolute Gasteiger partial charge is 0.257 e. The molecule has 2 N–H and O–H groups in total. The van der Waals surface area contributed by atoms with Crippen molar-refractivity contribution in [2.45, 2.75) is 13.5 Å². The normalized spacial score (nSPS) is 10.1. The molecular weight excluding hydrogens is 268 g/mol. The van der Waals surface area contributed by atoms with E-state index in [4.69, 9.17) is 21.1 Å². The molecule has 1 aromatic rings. The van der Waals surface area contributed by atoms with Crippen LogP contribution >= 0.6 is 11.6 Å². The SMILES string of the molecule is CCNC(=O)COc1c(Cl)cc(CNC)cc1OC. The Morgan fingerprint density at radius 2 is 2.16 bits per heavy atom. The van der Waals surface area contributed by atoms with Gasteiger partial charge in [0.2, 0.25) is 0 Å². The van der Waals surface area contributed by atoms with Gasteiger partial charge in [-0.1, -0.05) is 11.6 Å². The van der Waals surface area contributed by atoms with Crippen molar-refractivity contribution in [1.82, 2.24) is 10.6 Å². The number of rotatable bonds is 7. The zero-order chi connectivity index (χ0) is 14.3. The highest BCUT2D eigenvalue weighted by atomic mass is 35.5. The standard InChI is InChI=1S/C13H19ClN2O3/c1-4-16-12(17)8-19-13-10(14)5-9(7-15-2)6-11(13)18-3/h5-6,15H,4,7-8H2,1-3H3,(H,16,17). The maximum atomic E-state index is 11.4. The summed E-state index contributed by atoms with van der Waals surface area (Å²) in [6, 6.07) is 3.61. The van der Waals surface area contributed by atoms with Crippen molar-refractivity contribution < 1.29 is 14.3 Å². The molecule has 106 valence electrons. The summed E-state index contributed by atoms with van der Waals surface area (Å²) >= 11 is 6.15. The molecule has 0 atom stereocenters. The number of nitrogens with one attached hydrogen (secondary N) is 2. The van der Waals surface area contributed by atoms with Crippen molar-refractivity contribution in [2.24, 2.45) is 0 Å². The van der Waals surface area contributed by atoms with Gasteiger partial charge in [-0.15, -0.1) is 0 Å². The van der Waals surface area contributed by atoms with E-state index in [1.807, 2.05) is 20.0 Å². The van der Waals surface area contributed by atoms with Gasteiger partial charge in [0.1, 0.15) is 0 Å². The highest BCUT2D eigenvalue weighted by Crippen LogP contribution is 2.36. The van der Waals surface area contributed by atoms with E-state index in [-0.39, 0.29) is 12.5 Å². The number of methoxy groups -OCH3 is 1. The second-order valence-electron chi connectivity index (χ2n) is 3.88. The summed E-state index contributed by atoms with van der Waals surface area (Å²) in [7, 11) is 3.38. The van der Waals surface area contributed by atoms with Crippen LogP contribution in [0, 0.1) is 0 Å². The molecule has 1 amide bonds. The Bertz CT molecular complexity index is 438. The number of hydrogen-bond acceptors (Lipinski definition) is 4. The molecule has 0 heterocycles. The van der Waals surface area contributed by atoms with E-state index in [9.17, 15) is 4.79 Å². The molecule has 0 aromatic heterocycles. The van der Waals surface area contributed by atoms with Gasteiger partial charge in [-0.3, -0.25) is 4.79 Å². The van der Waals surface area contributed by atoms with E-state index in [1.165, 1.54) is 7.11 Å². The topological polar surface area (TPSA) is 59.6 Å². The Morgan fingerprint density at radius 3 is 2.74 bits per heavy atom. The average molecular weight is 287 g/mol. The van der Waals surface area contributed by atoms with E-state index < -0.39 is 0 Å². The maximum Gasteiger partial charge on any atom is 0.257 e. The van der Waals surface area contributed by atoms with E-state index in [2.05, 4.69) is 10.6 Å². The van der Waals surface area contributed by atoms with Gasteiger partial charge in [0.05, 0.1) is 12.1 Å². The van der Waals surface area contributed by atoms with Crippen LogP contribution < -0.4 is 20.1 Å². The first-order chi connectivity index (χ1) is 9.12. The lowest BCUT2D eigenvalue weighted by Crippen LogP contribution is -2.28. The Balaban J connectivity index is 2.84. The highest BCUT2D eigenvalue weighted by Gasteiger charge is 2.13. The lowest BCUT2D eigenvalue weighted by atomic mass is 10.2. The first-order valence-electron chi connectivity index (χ1n) is 6.02. The lowest BCUT2D eigenvalue weighted by molar-refractivity contribution is -0.122. The monoisotopic (exact) mass is 286 g/mol. The van der Waals surface area contributed by atoms with Crippen LogP contribution in [0.4, 0.5) is 0 Å². The number of ether oxygens (including phenoxy) is 2. The largest absolute Gasteiger partial charge is 0.493 e. The molecular formula is C13H19ClN2O3. The molecule has 1 aromatic carbocycles. The number of halogens is 1. The molecule has 5 nitrogen and oxygen atoms in total. The molecule has 0 radical (unpaired) electrons. The number of amides is 1. The fourth-order valence-corrected chi connectivity index (χ4v) is 1.89. The summed E-state index contributed by atoms with van der Waals surface area (Å²) < 4.78 is 10.7. The molecule has 0 fully saturated rings. The van der Waals surface area contributed by atoms with E-state index in [0.717, 1.165) is 5.56 Å². The molecule has 0 saturated carbocycles. The van der Waals surface area contributed by atoms with Crippen LogP contribution in [-0.4, -0.2) is 33.2 Å². The summed E-state index contributed by atoms with van der Waals surface area (Å²) in [5, 5.41) is 6.10. The first kappa shape index (κ1) is 15.6. The molecule has 0 saturated heterocycles. The van der Waals surface area contributed by atoms with Gasteiger partial charge in [-0.25, -0.2) is 0 Å². The molecule has 1 rings (SSSR count). The van der Waals surface area contributed by atoms with Gasteiger partial charge in [0.15, 0.2) is 18.1 Å². The zero-order valence-corrected chi connectivity index (χ0v) is 12.1. The van der Waals surface area contributed by atoms with E-state index in [0.29, 0.717) is 29.6 Å². The fourth-order valence-electron chi connectivity index (χ4n) is 1.61. The van der Waals surface area contributed by atoms with Gasteiger partial charge in [-0.2, -0.15) is 0 Å². The van der Waals surface area contributed by atoms with Gasteiger partial charge in [0, 0.05) is 13.1 Å². The Hall–Kier alpha value is -1.46. The second-order valence-corrected chi connectivity index (χ2v) is 4.29. The fraction of sp³-hybridized carbons (Fsp3) is 0.462.